The molecule has 1 aliphatic heterocycles. The van der Waals surface area contributed by atoms with Crippen LogP contribution in [0.1, 0.15) is 22.7 Å². The van der Waals surface area contributed by atoms with Gasteiger partial charge in [-0.1, -0.05) is 47.2 Å². The highest BCUT2D eigenvalue weighted by atomic mass is 32.1. The first-order chi connectivity index (χ1) is 17.9. The lowest BCUT2D eigenvalue weighted by molar-refractivity contribution is -0.132. The van der Waals surface area contributed by atoms with Crippen LogP contribution in [0.2, 0.25) is 0 Å². The van der Waals surface area contributed by atoms with Gasteiger partial charge in [-0.2, -0.15) is 0 Å². The van der Waals surface area contributed by atoms with E-state index < -0.39 is 17.7 Å². The summed E-state index contributed by atoms with van der Waals surface area (Å²) < 4.78 is 17.0. The fourth-order valence-corrected chi connectivity index (χ4v) is 5.38. The zero-order valence-corrected chi connectivity index (χ0v) is 21.5. The number of carbonyl (C=O) groups excluding carboxylic acids is 2. The molecule has 0 aliphatic carbocycles. The molecule has 8 nitrogen and oxygen atoms in total. The molecule has 3 aromatic carbocycles. The first-order valence-corrected chi connectivity index (χ1v) is 12.2. The average molecular weight is 517 g/mol. The third kappa shape index (κ3) is 4.17. The van der Waals surface area contributed by atoms with Crippen LogP contribution in [0, 0.1) is 6.92 Å². The lowest BCUT2D eigenvalue weighted by Gasteiger charge is -2.23. The van der Waals surface area contributed by atoms with Crippen LogP contribution in [0.25, 0.3) is 16.0 Å². The Kier molecular flexibility index (Phi) is 6.31. The highest BCUT2D eigenvalue weighted by Crippen LogP contribution is 2.46. The van der Waals surface area contributed by atoms with Crippen molar-refractivity contribution >= 4 is 44.1 Å². The molecule has 5 rings (SSSR count). The molecule has 4 aromatic rings. The number of aromatic nitrogens is 1. The Morgan fingerprint density at radius 2 is 1.65 bits per heavy atom. The van der Waals surface area contributed by atoms with Gasteiger partial charge in [0.15, 0.2) is 16.6 Å². The number of anilines is 1. The lowest BCUT2D eigenvalue weighted by Crippen LogP contribution is -2.29. The monoisotopic (exact) mass is 516 g/mol. The maximum Gasteiger partial charge on any atom is 0.301 e. The van der Waals surface area contributed by atoms with Crippen molar-refractivity contribution in [3.05, 3.63) is 82.9 Å². The van der Waals surface area contributed by atoms with Gasteiger partial charge in [-0.05, 0) is 42.8 Å². The minimum atomic E-state index is -0.941. The van der Waals surface area contributed by atoms with Crippen molar-refractivity contribution in [2.75, 3.05) is 26.2 Å². The topological polar surface area (TPSA) is 98.2 Å². The summed E-state index contributed by atoms with van der Waals surface area (Å²) in [6.07, 6.45) is 0. The summed E-state index contributed by atoms with van der Waals surface area (Å²) in [7, 11) is 4.60. The average Bonchev–Trinajstić information content (AvgIpc) is 3.45. The fourth-order valence-electron chi connectivity index (χ4n) is 4.36. The largest absolute Gasteiger partial charge is 0.507 e. The van der Waals surface area contributed by atoms with Crippen LogP contribution in [0.5, 0.6) is 17.2 Å². The van der Waals surface area contributed by atoms with Crippen molar-refractivity contribution in [1.82, 2.24) is 4.98 Å². The van der Waals surface area contributed by atoms with Gasteiger partial charge in [-0.3, -0.25) is 14.5 Å². The van der Waals surface area contributed by atoms with Gasteiger partial charge in [-0.15, -0.1) is 0 Å². The molecule has 9 heteroatoms. The van der Waals surface area contributed by atoms with Gasteiger partial charge in [0.25, 0.3) is 5.78 Å². The second kappa shape index (κ2) is 9.59. The number of Topliss-reactive ketones (excluding diaryl/α,β-unsaturated/α-hetero) is 1. The van der Waals surface area contributed by atoms with Gasteiger partial charge in [-0.25, -0.2) is 4.98 Å². The molecule has 1 atom stereocenters. The number of hydrogen-bond donors (Lipinski definition) is 1. The molecule has 188 valence electrons. The third-order valence-electron chi connectivity index (χ3n) is 6.28. The number of thiazole rings is 1. The highest BCUT2D eigenvalue weighted by Gasteiger charge is 2.48. The number of amides is 1. The lowest BCUT2D eigenvalue weighted by atomic mass is 9.95. The van der Waals surface area contributed by atoms with Gasteiger partial charge in [0.05, 0.1) is 43.2 Å². The standard InChI is InChI=1S/C28H24N2O6S/c1-15-5-7-16(8-6-15)25(31)23-24(17-9-12-20(35-3)21(13-17)36-4)30(27(33)26(23)32)28-29-19-11-10-18(34-2)14-22(19)37-28/h5-14,24,31H,1-4H3/t24-/m0/s1. The van der Waals surface area contributed by atoms with Crippen molar-refractivity contribution in [3.63, 3.8) is 0 Å². The van der Waals surface area contributed by atoms with E-state index in [1.165, 1.54) is 30.5 Å². The van der Waals surface area contributed by atoms with Gasteiger partial charge in [0, 0.05) is 5.56 Å². The van der Waals surface area contributed by atoms with Crippen molar-refractivity contribution < 1.29 is 28.9 Å². The van der Waals surface area contributed by atoms with Crippen molar-refractivity contribution in [2.45, 2.75) is 13.0 Å². The summed E-state index contributed by atoms with van der Waals surface area (Å²) in [6.45, 7) is 1.93. The maximum absolute atomic E-state index is 13.5. The third-order valence-corrected chi connectivity index (χ3v) is 7.30. The Bertz CT molecular complexity index is 1560. The van der Waals surface area contributed by atoms with Gasteiger partial charge in [0.1, 0.15) is 11.5 Å². The summed E-state index contributed by atoms with van der Waals surface area (Å²) in [5.74, 6) is -0.262. The zero-order chi connectivity index (χ0) is 26.3. The number of fused-ring (bicyclic) bond motifs is 1. The number of aryl methyl sites for hydroxylation is 1. The predicted octanol–water partition coefficient (Wildman–Crippen LogP) is 5.26. The molecule has 1 fully saturated rings. The summed E-state index contributed by atoms with van der Waals surface area (Å²) in [5.41, 5.74) is 2.62. The van der Waals surface area contributed by atoms with E-state index in [1.807, 2.05) is 25.1 Å². The van der Waals surface area contributed by atoms with Gasteiger partial charge >= 0.3 is 5.91 Å². The van der Waals surface area contributed by atoms with E-state index in [-0.39, 0.29) is 11.3 Å². The first kappa shape index (κ1) is 24.3. The maximum atomic E-state index is 13.5. The van der Waals surface area contributed by atoms with Crippen molar-refractivity contribution in [1.29, 1.82) is 0 Å². The smallest absolute Gasteiger partial charge is 0.301 e. The quantitative estimate of drug-likeness (QED) is 0.212. The molecule has 1 aliphatic rings. The van der Waals surface area contributed by atoms with E-state index in [0.717, 1.165) is 10.3 Å². The predicted molar refractivity (Wildman–Crippen MR) is 142 cm³/mol. The Balaban J connectivity index is 1.73. The molecule has 0 unspecified atom stereocenters. The minimum absolute atomic E-state index is 0.0297. The number of rotatable bonds is 6. The van der Waals surface area contributed by atoms with Crippen LogP contribution >= 0.6 is 11.3 Å². The first-order valence-electron chi connectivity index (χ1n) is 11.4. The number of methoxy groups -OCH3 is 3. The minimum Gasteiger partial charge on any atom is -0.507 e. The van der Waals surface area contributed by atoms with Crippen LogP contribution in [-0.4, -0.2) is 43.1 Å². The zero-order valence-electron chi connectivity index (χ0n) is 20.6. The molecule has 0 bridgehead atoms. The molecule has 0 spiro atoms. The molecule has 1 N–H and O–H groups in total. The highest BCUT2D eigenvalue weighted by molar-refractivity contribution is 7.22. The molecule has 2 heterocycles. The van der Waals surface area contributed by atoms with E-state index >= 15 is 0 Å². The molecule has 1 saturated heterocycles. The Morgan fingerprint density at radius 1 is 0.919 bits per heavy atom. The van der Waals surface area contributed by atoms with E-state index in [1.54, 1.807) is 49.6 Å². The van der Waals surface area contributed by atoms with Crippen molar-refractivity contribution in [2.24, 2.45) is 0 Å². The number of aliphatic hydroxyl groups excluding tert-OH is 1. The number of nitrogens with zero attached hydrogens (tertiary/aromatic N) is 2. The number of aliphatic hydroxyl groups is 1. The van der Waals surface area contributed by atoms with Crippen LogP contribution in [0.4, 0.5) is 5.13 Å². The number of benzene rings is 3. The normalized spacial score (nSPS) is 16.9. The van der Waals surface area contributed by atoms with Crippen LogP contribution in [0.3, 0.4) is 0 Å². The molecule has 1 aromatic heterocycles. The second-order valence-corrected chi connectivity index (χ2v) is 9.49. The summed E-state index contributed by atoms with van der Waals surface area (Å²) in [6, 6.07) is 16.7. The van der Waals surface area contributed by atoms with E-state index in [0.29, 0.717) is 39.0 Å². The second-order valence-electron chi connectivity index (χ2n) is 8.48. The Morgan fingerprint density at radius 3 is 2.32 bits per heavy atom. The van der Waals surface area contributed by atoms with Gasteiger partial charge < -0.3 is 19.3 Å². The van der Waals surface area contributed by atoms with E-state index in [2.05, 4.69) is 4.98 Å². The molecule has 0 saturated carbocycles. The van der Waals surface area contributed by atoms with Crippen LogP contribution < -0.4 is 19.1 Å². The van der Waals surface area contributed by atoms with Gasteiger partial charge in [0.2, 0.25) is 0 Å². The Hall–Kier alpha value is -4.37. The molecular weight excluding hydrogens is 492 g/mol. The summed E-state index contributed by atoms with van der Waals surface area (Å²) in [5, 5.41) is 11.6. The van der Waals surface area contributed by atoms with E-state index in [4.69, 9.17) is 14.2 Å². The number of ether oxygens (including phenoxy) is 3. The van der Waals surface area contributed by atoms with E-state index in [9.17, 15) is 14.7 Å². The number of hydrogen-bond acceptors (Lipinski definition) is 8. The molecule has 1 amide bonds. The Labute approximate surface area is 217 Å². The SMILES string of the molecule is COc1ccc2nc(N3C(=O)C(=O)C(=C(O)c4ccc(C)cc4)[C@@H]3c3ccc(OC)c(OC)c3)sc2c1. The van der Waals surface area contributed by atoms with Crippen LogP contribution in [-0.2, 0) is 9.59 Å². The fraction of sp³-hybridized carbons (Fsp3) is 0.179. The van der Waals surface area contributed by atoms with Crippen LogP contribution in [0.15, 0.2) is 66.2 Å². The molecule has 37 heavy (non-hydrogen) atoms. The van der Waals surface area contributed by atoms with Crippen molar-refractivity contribution in [3.8, 4) is 17.2 Å². The summed E-state index contributed by atoms with van der Waals surface area (Å²) >= 11 is 1.26. The number of carbonyl (C=O) groups is 2. The molecule has 0 radical (unpaired) electrons. The molecular formula is C28H24N2O6S. The summed E-state index contributed by atoms with van der Waals surface area (Å²) in [4.78, 5) is 32.9. The number of ketones is 1.